The Balaban J connectivity index is 1.00. The summed E-state index contributed by atoms with van der Waals surface area (Å²) < 4.78 is 6.19. The molecule has 4 aliphatic rings. The Morgan fingerprint density at radius 2 is 1.63 bits per heavy atom. The normalized spacial score (nSPS) is 21.3. The number of likely N-dealkylation sites (tertiary alicyclic amines) is 1. The fraction of sp³-hybridized carbons (Fsp3) is 0.353. The predicted molar refractivity (Wildman–Crippen MR) is 160 cm³/mol. The molecule has 220 valence electrons. The fourth-order valence-corrected chi connectivity index (χ4v) is 6.90. The molecule has 2 fully saturated rings. The number of benzene rings is 3. The van der Waals surface area contributed by atoms with Crippen LogP contribution in [0.3, 0.4) is 0 Å². The van der Waals surface area contributed by atoms with Gasteiger partial charge < -0.3 is 14.5 Å². The van der Waals surface area contributed by atoms with Crippen LogP contribution in [-0.2, 0) is 22.7 Å². The number of nitrogens with one attached hydrogen (secondary N) is 1. The van der Waals surface area contributed by atoms with Crippen LogP contribution in [0.2, 0.25) is 0 Å². The van der Waals surface area contributed by atoms with Crippen molar-refractivity contribution in [3.8, 4) is 5.75 Å². The molecule has 2 saturated heterocycles. The molecule has 4 heterocycles. The zero-order valence-corrected chi connectivity index (χ0v) is 24.0. The van der Waals surface area contributed by atoms with Gasteiger partial charge in [-0.15, -0.1) is 0 Å². The zero-order valence-electron chi connectivity index (χ0n) is 24.0. The number of carbonyl (C=O) groups excluding carboxylic acids is 4. The van der Waals surface area contributed by atoms with E-state index < -0.39 is 6.04 Å². The lowest BCUT2D eigenvalue weighted by molar-refractivity contribution is -0.136. The summed E-state index contributed by atoms with van der Waals surface area (Å²) in [5.41, 5.74) is 5.33. The van der Waals surface area contributed by atoms with Crippen LogP contribution in [0.1, 0.15) is 69.0 Å². The molecule has 0 radical (unpaired) electrons. The summed E-state index contributed by atoms with van der Waals surface area (Å²) in [5, 5.41) is 2.37. The van der Waals surface area contributed by atoms with Gasteiger partial charge in [0.15, 0.2) is 0 Å². The average molecular weight is 579 g/mol. The van der Waals surface area contributed by atoms with Gasteiger partial charge in [-0.1, -0.05) is 42.5 Å². The first-order valence-corrected chi connectivity index (χ1v) is 15.1. The summed E-state index contributed by atoms with van der Waals surface area (Å²) in [7, 11) is 0. The van der Waals surface area contributed by atoms with Crippen molar-refractivity contribution in [2.75, 3.05) is 31.1 Å². The molecule has 7 rings (SSSR count). The summed E-state index contributed by atoms with van der Waals surface area (Å²) in [5.74, 6) is 0.232. The highest BCUT2D eigenvalue weighted by molar-refractivity contribution is 6.08. The summed E-state index contributed by atoms with van der Waals surface area (Å²) in [4.78, 5) is 56.4. The molecule has 1 N–H and O–H groups in total. The smallest absolute Gasteiger partial charge is 0.262 e. The number of para-hydroxylation sites is 2. The number of hydrogen-bond acceptors (Lipinski definition) is 6. The molecule has 3 aromatic carbocycles. The lowest BCUT2D eigenvalue weighted by atomic mass is 9.87. The Labute approximate surface area is 250 Å². The summed E-state index contributed by atoms with van der Waals surface area (Å²) in [6.07, 6.45) is 2.59. The van der Waals surface area contributed by atoms with E-state index in [4.69, 9.17) is 4.74 Å². The van der Waals surface area contributed by atoms with Crippen molar-refractivity contribution in [2.45, 2.75) is 50.7 Å². The minimum atomic E-state index is -0.599. The van der Waals surface area contributed by atoms with Crippen molar-refractivity contribution in [3.63, 3.8) is 0 Å². The van der Waals surface area contributed by atoms with Crippen molar-refractivity contribution < 1.29 is 23.9 Å². The van der Waals surface area contributed by atoms with E-state index in [0.29, 0.717) is 55.5 Å². The molecule has 4 amide bonds. The highest BCUT2D eigenvalue weighted by Crippen LogP contribution is 2.35. The molecule has 0 bridgehead atoms. The van der Waals surface area contributed by atoms with E-state index in [2.05, 4.69) is 28.4 Å². The Morgan fingerprint density at radius 1 is 0.814 bits per heavy atom. The van der Waals surface area contributed by atoms with Gasteiger partial charge in [-0.05, 0) is 73.7 Å². The third-order valence-electron chi connectivity index (χ3n) is 9.20. The van der Waals surface area contributed by atoms with Crippen LogP contribution in [0.15, 0.2) is 66.7 Å². The lowest BCUT2D eigenvalue weighted by Crippen LogP contribution is -2.52. The maximum absolute atomic E-state index is 13.5. The van der Waals surface area contributed by atoms with Crippen LogP contribution in [0.25, 0.3) is 0 Å². The van der Waals surface area contributed by atoms with E-state index in [9.17, 15) is 19.2 Å². The van der Waals surface area contributed by atoms with Crippen LogP contribution in [0.4, 0.5) is 5.69 Å². The number of piperidine rings is 2. The number of nitrogens with zero attached hydrogens (tertiary/aromatic N) is 3. The number of fused-ring (bicyclic) bond motifs is 2. The Kier molecular flexibility index (Phi) is 7.18. The SMILES string of the molecule is O=C1CCC(N2Cc3cc(C4CCN(Cc5cccc6c5OCCN(c5ccccc5)C6=O)CC4)ccc3C2=O)C(=O)N1. The van der Waals surface area contributed by atoms with Crippen LogP contribution in [-0.4, -0.2) is 65.7 Å². The highest BCUT2D eigenvalue weighted by Gasteiger charge is 2.39. The second-order valence-corrected chi connectivity index (χ2v) is 11.8. The van der Waals surface area contributed by atoms with Crippen LogP contribution in [0.5, 0.6) is 5.75 Å². The second-order valence-electron chi connectivity index (χ2n) is 11.8. The highest BCUT2D eigenvalue weighted by atomic mass is 16.5. The number of ether oxygens (including phenoxy) is 1. The van der Waals surface area contributed by atoms with E-state index in [-0.39, 0.29) is 30.0 Å². The first-order valence-electron chi connectivity index (χ1n) is 15.1. The first-order chi connectivity index (χ1) is 21.0. The summed E-state index contributed by atoms with van der Waals surface area (Å²) in [6.45, 7) is 3.88. The number of rotatable bonds is 5. The molecular weight excluding hydrogens is 544 g/mol. The zero-order chi connectivity index (χ0) is 29.5. The Bertz CT molecular complexity index is 1600. The monoisotopic (exact) mass is 578 g/mol. The van der Waals surface area contributed by atoms with Crippen LogP contribution >= 0.6 is 0 Å². The second kappa shape index (κ2) is 11.3. The molecule has 0 spiro atoms. The standard InChI is InChI=1S/C34H34N4O5/c39-30-12-11-29(32(40)35-30)38-21-25-19-23(9-10-27(25)33(38)41)22-13-15-36(16-14-22)20-24-5-4-8-28-31(24)43-18-17-37(34(28)42)26-6-2-1-3-7-26/h1-10,19,22,29H,11-18,20-21H2,(H,35,39,40). The molecule has 4 aliphatic heterocycles. The van der Waals surface area contributed by atoms with Gasteiger partial charge in [-0.2, -0.15) is 0 Å². The number of hydrogen-bond donors (Lipinski definition) is 1. The molecule has 3 aromatic rings. The molecule has 0 aliphatic carbocycles. The van der Waals surface area contributed by atoms with E-state index in [1.807, 2.05) is 48.5 Å². The third kappa shape index (κ3) is 5.18. The van der Waals surface area contributed by atoms with Crippen molar-refractivity contribution in [3.05, 3.63) is 94.5 Å². The summed E-state index contributed by atoms with van der Waals surface area (Å²) in [6, 6.07) is 21.1. The van der Waals surface area contributed by atoms with E-state index in [0.717, 1.165) is 42.7 Å². The topological polar surface area (TPSA) is 99.3 Å². The number of carbonyl (C=O) groups is 4. The quantitative estimate of drug-likeness (QED) is 0.462. The largest absolute Gasteiger partial charge is 0.491 e. The molecule has 1 unspecified atom stereocenters. The van der Waals surface area contributed by atoms with Gasteiger partial charge in [-0.25, -0.2) is 0 Å². The molecule has 0 aromatic heterocycles. The van der Waals surface area contributed by atoms with E-state index >= 15 is 0 Å². The van der Waals surface area contributed by atoms with Crippen molar-refractivity contribution in [1.82, 2.24) is 15.1 Å². The third-order valence-corrected chi connectivity index (χ3v) is 9.20. The fourth-order valence-electron chi connectivity index (χ4n) is 6.90. The number of anilines is 1. The molecule has 9 nitrogen and oxygen atoms in total. The lowest BCUT2D eigenvalue weighted by Gasteiger charge is -2.32. The maximum Gasteiger partial charge on any atom is 0.262 e. The maximum atomic E-state index is 13.5. The molecule has 1 atom stereocenters. The minimum Gasteiger partial charge on any atom is -0.491 e. The van der Waals surface area contributed by atoms with Crippen molar-refractivity contribution >= 4 is 29.3 Å². The van der Waals surface area contributed by atoms with Gasteiger partial charge >= 0.3 is 0 Å². The van der Waals surface area contributed by atoms with Gasteiger partial charge in [0.1, 0.15) is 18.4 Å². The number of imide groups is 1. The Hall–Kier alpha value is -4.50. The Morgan fingerprint density at radius 3 is 2.42 bits per heavy atom. The molecule has 0 saturated carbocycles. The number of amides is 4. The van der Waals surface area contributed by atoms with Gasteiger partial charge in [0, 0.05) is 36.3 Å². The van der Waals surface area contributed by atoms with Crippen molar-refractivity contribution in [2.24, 2.45) is 0 Å². The van der Waals surface area contributed by atoms with Crippen molar-refractivity contribution in [1.29, 1.82) is 0 Å². The average Bonchev–Trinajstić information content (AvgIpc) is 3.24. The van der Waals surface area contributed by atoms with E-state index in [1.54, 1.807) is 9.80 Å². The minimum absolute atomic E-state index is 0.0366. The van der Waals surface area contributed by atoms with Crippen LogP contribution in [0, 0.1) is 0 Å². The van der Waals surface area contributed by atoms with Gasteiger partial charge in [0.05, 0.1) is 12.1 Å². The molecule has 43 heavy (non-hydrogen) atoms. The first kappa shape index (κ1) is 27.3. The van der Waals surface area contributed by atoms with Gasteiger partial charge in [0.2, 0.25) is 11.8 Å². The van der Waals surface area contributed by atoms with E-state index in [1.165, 1.54) is 5.56 Å². The van der Waals surface area contributed by atoms with Gasteiger partial charge in [0.25, 0.3) is 11.8 Å². The summed E-state index contributed by atoms with van der Waals surface area (Å²) >= 11 is 0. The predicted octanol–water partition coefficient (Wildman–Crippen LogP) is 3.87. The molecule has 9 heteroatoms. The molecular formula is C34H34N4O5. The van der Waals surface area contributed by atoms with Crippen LogP contribution < -0.4 is 15.0 Å². The van der Waals surface area contributed by atoms with Gasteiger partial charge in [-0.3, -0.25) is 29.4 Å².